The Morgan fingerprint density at radius 3 is 1.44 bits per heavy atom. The van der Waals surface area contributed by atoms with Crippen molar-refractivity contribution < 1.29 is 57.4 Å². The van der Waals surface area contributed by atoms with E-state index in [1.165, 1.54) is 0 Å². The lowest BCUT2D eigenvalue weighted by atomic mass is 10.1. The van der Waals surface area contributed by atoms with Crippen molar-refractivity contribution in [3.63, 3.8) is 0 Å². The molecule has 0 spiro atoms. The molecule has 4 rings (SSSR count). The molecule has 0 saturated carbocycles. The SMILES string of the molecule is C=CC(=O)OCCCCCCOc1ccc(C(=O)Oc2ccc(CCOC(=O)c3ccc(OC(O)c4ccc(OCCCCCCOC(=O)C=C)cc4)cc3)cc2)cc1. The lowest BCUT2D eigenvalue weighted by Crippen LogP contribution is -2.10. The summed E-state index contributed by atoms with van der Waals surface area (Å²) in [5.41, 5.74) is 2.16. The molecular weight excluding hydrogens is 757 g/mol. The molecule has 0 aromatic heterocycles. The second-order valence-electron chi connectivity index (χ2n) is 13.3. The third kappa shape index (κ3) is 17.3. The van der Waals surface area contributed by atoms with Gasteiger partial charge >= 0.3 is 23.9 Å². The largest absolute Gasteiger partial charge is 0.494 e. The molecule has 0 amide bonds. The van der Waals surface area contributed by atoms with E-state index in [0.29, 0.717) is 72.5 Å². The highest BCUT2D eigenvalue weighted by atomic mass is 16.6. The van der Waals surface area contributed by atoms with Crippen molar-refractivity contribution in [1.82, 2.24) is 0 Å². The predicted octanol–water partition coefficient (Wildman–Crippen LogP) is 8.71. The second-order valence-corrected chi connectivity index (χ2v) is 13.3. The zero-order valence-corrected chi connectivity index (χ0v) is 33.2. The number of unbranched alkanes of at least 4 members (excludes halogenated alkanes) is 6. The summed E-state index contributed by atoms with van der Waals surface area (Å²) in [6.07, 6.45) is 8.59. The highest BCUT2D eigenvalue weighted by Gasteiger charge is 2.13. The quantitative estimate of drug-likeness (QED) is 0.0153. The molecule has 59 heavy (non-hydrogen) atoms. The number of benzene rings is 4. The van der Waals surface area contributed by atoms with Crippen LogP contribution in [0.3, 0.4) is 0 Å². The van der Waals surface area contributed by atoms with Crippen molar-refractivity contribution in [2.45, 2.75) is 64.1 Å². The molecule has 4 aromatic rings. The van der Waals surface area contributed by atoms with E-state index in [1.807, 2.05) is 0 Å². The van der Waals surface area contributed by atoms with Gasteiger partial charge in [0.15, 0.2) is 0 Å². The van der Waals surface area contributed by atoms with Gasteiger partial charge in [0.25, 0.3) is 0 Å². The number of carbonyl (C=O) groups is 4. The van der Waals surface area contributed by atoms with Gasteiger partial charge in [-0.1, -0.05) is 25.3 Å². The van der Waals surface area contributed by atoms with Gasteiger partial charge in [-0.05, 0) is 142 Å². The molecule has 12 nitrogen and oxygen atoms in total. The molecule has 312 valence electrons. The molecule has 0 bridgehead atoms. The maximum Gasteiger partial charge on any atom is 0.343 e. The summed E-state index contributed by atoms with van der Waals surface area (Å²) < 4.78 is 38.1. The molecule has 0 fully saturated rings. The van der Waals surface area contributed by atoms with Crippen molar-refractivity contribution >= 4 is 23.9 Å². The number of rotatable bonds is 27. The Morgan fingerprint density at radius 2 is 0.932 bits per heavy atom. The molecule has 0 radical (unpaired) electrons. The highest BCUT2D eigenvalue weighted by Crippen LogP contribution is 2.24. The van der Waals surface area contributed by atoms with Crippen LogP contribution >= 0.6 is 0 Å². The normalized spacial score (nSPS) is 11.1. The van der Waals surface area contributed by atoms with Crippen LogP contribution < -0.4 is 18.9 Å². The summed E-state index contributed by atoms with van der Waals surface area (Å²) in [6, 6.07) is 27.0. The summed E-state index contributed by atoms with van der Waals surface area (Å²) in [7, 11) is 0. The zero-order chi connectivity index (χ0) is 42.1. The fourth-order valence-electron chi connectivity index (χ4n) is 5.48. The van der Waals surface area contributed by atoms with Crippen molar-refractivity contribution in [3.05, 3.63) is 145 Å². The molecule has 0 aliphatic rings. The lowest BCUT2D eigenvalue weighted by molar-refractivity contribution is -0.138. The second kappa shape index (κ2) is 25.8. The highest BCUT2D eigenvalue weighted by molar-refractivity contribution is 5.91. The molecule has 4 aromatic carbocycles. The van der Waals surface area contributed by atoms with Crippen LogP contribution in [0.4, 0.5) is 0 Å². The third-order valence-corrected chi connectivity index (χ3v) is 8.79. The summed E-state index contributed by atoms with van der Waals surface area (Å²) in [4.78, 5) is 47.4. The van der Waals surface area contributed by atoms with Crippen molar-refractivity contribution in [1.29, 1.82) is 0 Å². The Balaban J connectivity index is 1.08. The van der Waals surface area contributed by atoms with Gasteiger partial charge in [0.1, 0.15) is 23.0 Å². The number of ether oxygens (including phenoxy) is 7. The fourth-order valence-corrected chi connectivity index (χ4v) is 5.48. The fraction of sp³-hybridized carbons (Fsp3) is 0.319. The topological polar surface area (TPSA) is 153 Å². The number of hydrogen-bond donors (Lipinski definition) is 1. The number of hydrogen-bond acceptors (Lipinski definition) is 12. The molecule has 0 aliphatic carbocycles. The Bertz CT molecular complexity index is 1900. The van der Waals surface area contributed by atoms with Gasteiger partial charge in [-0.15, -0.1) is 0 Å². The van der Waals surface area contributed by atoms with Gasteiger partial charge in [0, 0.05) is 24.1 Å². The van der Waals surface area contributed by atoms with E-state index in [4.69, 9.17) is 33.2 Å². The van der Waals surface area contributed by atoms with Crippen LogP contribution in [-0.4, -0.2) is 62.0 Å². The maximum absolute atomic E-state index is 12.7. The van der Waals surface area contributed by atoms with Crippen LogP contribution in [0.25, 0.3) is 0 Å². The molecule has 12 heteroatoms. The minimum absolute atomic E-state index is 0.144. The van der Waals surface area contributed by atoms with Crippen molar-refractivity contribution in [3.8, 4) is 23.0 Å². The van der Waals surface area contributed by atoms with E-state index in [0.717, 1.165) is 69.1 Å². The first-order valence-electron chi connectivity index (χ1n) is 19.7. The molecule has 0 aliphatic heterocycles. The first-order valence-corrected chi connectivity index (χ1v) is 19.7. The Morgan fingerprint density at radius 1 is 0.492 bits per heavy atom. The van der Waals surface area contributed by atoms with Crippen LogP contribution in [0.15, 0.2) is 122 Å². The molecule has 1 atom stereocenters. The van der Waals surface area contributed by atoms with E-state index < -0.39 is 30.2 Å². The number of aliphatic hydroxyl groups is 1. The lowest BCUT2D eigenvalue weighted by Gasteiger charge is -2.15. The van der Waals surface area contributed by atoms with Crippen molar-refractivity contribution in [2.24, 2.45) is 0 Å². The van der Waals surface area contributed by atoms with Gasteiger partial charge in [-0.25, -0.2) is 19.2 Å². The summed E-state index contributed by atoms with van der Waals surface area (Å²) >= 11 is 0. The molecule has 0 saturated heterocycles. The maximum atomic E-state index is 12.7. The van der Waals surface area contributed by atoms with Gasteiger partial charge in [0.2, 0.25) is 6.29 Å². The number of esters is 4. The molecular formula is C47H52O12. The van der Waals surface area contributed by atoms with Crippen LogP contribution in [0.2, 0.25) is 0 Å². The Kier molecular flexibility index (Phi) is 19.8. The molecule has 1 N–H and O–H groups in total. The Hall–Kier alpha value is -6.40. The van der Waals surface area contributed by atoms with Gasteiger partial charge < -0.3 is 38.3 Å². The van der Waals surface area contributed by atoms with E-state index in [1.54, 1.807) is 97.1 Å². The van der Waals surface area contributed by atoms with Gasteiger partial charge in [0.05, 0.1) is 44.2 Å². The smallest absolute Gasteiger partial charge is 0.343 e. The van der Waals surface area contributed by atoms with Crippen molar-refractivity contribution in [2.75, 3.05) is 33.0 Å². The standard InChI is InChI=1S/C47H52O12/c1-3-43(48)55-32-11-7-5-9-30-53-39-23-15-37(16-24-39)46(51)58-41-21-13-35(14-22-41)29-34-57-45(50)36-19-27-42(28-20-36)59-47(52)38-17-25-40(26-18-38)54-31-10-6-8-12-33-56-44(49)4-2/h3-4,13-28,47,52H,1-2,5-12,29-34H2. The minimum Gasteiger partial charge on any atom is -0.494 e. The van der Waals surface area contributed by atoms with E-state index in [9.17, 15) is 24.3 Å². The summed E-state index contributed by atoms with van der Waals surface area (Å²) in [5.74, 6) is 0.286. The van der Waals surface area contributed by atoms with Crippen LogP contribution in [0.1, 0.15) is 89.5 Å². The molecule has 1 unspecified atom stereocenters. The third-order valence-electron chi connectivity index (χ3n) is 8.79. The number of aliphatic hydroxyl groups excluding tert-OH is 1. The predicted molar refractivity (Wildman–Crippen MR) is 221 cm³/mol. The summed E-state index contributed by atoms with van der Waals surface area (Å²) in [5, 5.41) is 10.6. The summed E-state index contributed by atoms with van der Waals surface area (Å²) in [6.45, 7) is 8.73. The van der Waals surface area contributed by atoms with Gasteiger partial charge in [-0.2, -0.15) is 0 Å². The first kappa shape index (κ1) is 45.3. The van der Waals surface area contributed by atoms with Gasteiger partial charge in [-0.3, -0.25) is 0 Å². The average Bonchev–Trinajstić information content (AvgIpc) is 3.26. The molecule has 0 heterocycles. The minimum atomic E-state index is -1.22. The Labute approximate surface area is 345 Å². The monoisotopic (exact) mass is 808 g/mol. The first-order chi connectivity index (χ1) is 28.7. The van der Waals surface area contributed by atoms with Crippen LogP contribution in [0.5, 0.6) is 23.0 Å². The van der Waals surface area contributed by atoms with Crippen LogP contribution in [0, 0.1) is 0 Å². The number of carbonyl (C=O) groups excluding carboxylic acids is 4. The van der Waals surface area contributed by atoms with E-state index >= 15 is 0 Å². The van der Waals surface area contributed by atoms with E-state index in [-0.39, 0.29) is 6.61 Å². The zero-order valence-electron chi connectivity index (χ0n) is 33.2. The average molecular weight is 809 g/mol. The van der Waals surface area contributed by atoms with Crippen LogP contribution in [-0.2, 0) is 30.2 Å². The van der Waals surface area contributed by atoms with E-state index in [2.05, 4.69) is 13.2 Å².